The van der Waals surface area contributed by atoms with Crippen LogP contribution in [0.25, 0.3) is 0 Å². The molecule has 0 aliphatic heterocycles. The van der Waals surface area contributed by atoms with Crippen LogP contribution in [-0.2, 0) is 5.33 Å². The molecule has 0 N–H and O–H groups in total. The maximum Gasteiger partial charge on any atom is 0.405 e. The molecule has 0 bridgehead atoms. The summed E-state index contributed by atoms with van der Waals surface area (Å²) >= 11 is 3.34. The second-order valence-electron chi connectivity index (χ2n) is 4.59. The predicted molar refractivity (Wildman–Crippen MR) is 72.3 cm³/mol. The number of anilines is 1. The Kier molecular flexibility index (Phi) is 5.08. The van der Waals surface area contributed by atoms with Crippen molar-refractivity contribution >= 4 is 21.6 Å². The van der Waals surface area contributed by atoms with Crippen molar-refractivity contribution in [2.24, 2.45) is 0 Å². The molecule has 0 saturated carbocycles. The quantitative estimate of drug-likeness (QED) is 0.728. The molecule has 5 heteroatoms. The Labute approximate surface area is 114 Å². The van der Waals surface area contributed by atoms with E-state index >= 15 is 0 Å². The lowest BCUT2D eigenvalue weighted by Crippen LogP contribution is -2.39. The van der Waals surface area contributed by atoms with Crippen molar-refractivity contribution in [1.29, 1.82) is 0 Å². The maximum atomic E-state index is 12.6. The maximum absolute atomic E-state index is 12.6. The first-order chi connectivity index (χ1) is 8.24. The zero-order chi connectivity index (χ0) is 13.9. The van der Waals surface area contributed by atoms with E-state index in [0.717, 1.165) is 11.1 Å². The topological polar surface area (TPSA) is 3.24 Å². The summed E-state index contributed by atoms with van der Waals surface area (Å²) in [7, 11) is 0. The number of benzene rings is 1. The normalized spacial score (nSPS) is 12.0. The summed E-state index contributed by atoms with van der Waals surface area (Å²) in [5.74, 6) is 0. The van der Waals surface area contributed by atoms with E-state index < -0.39 is 12.7 Å². The van der Waals surface area contributed by atoms with Crippen molar-refractivity contribution in [1.82, 2.24) is 0 Å². The van der Waals surface area contributed by atoms with E-state index in [2.05, 4.69) is 15.9 Å². The molecule has 102 valence electrons. The van der Waals surface area contributed by atoms with Gasteiger partial charge in [0.25, 0.3) is 0 Å². The van der Waals surface area contributed by atoms with E-state index in [1.54, 1.807) is 19.9 Å². The second kappa shape index (κ2) is 5.95. The Morgan fingerprint density at radius 2 is 1.89 bits per heavy atom. The van der Waals surface area contributed by atoms with Gasteiger partial charge in [-0.1, -0.05) is 28.1 Å². The minimum absolute atomic E-state index is 0.194. The highest BCUT2D eigenvalue weighted by Crippen LogP contribution is 2.28. The highest BCUT2D eigenvalue weighted by molar-refractivity contribution is 9.08. The molecule has 1 nitrogen and oxygen atoms in total. The van der Waals surface area contributed by atoms with E-state index in [1.165, 1.54) is 4.90 Å². The molecule has 0 heterocycles. The van der Waals surface area contributed by atoms with Gasteiger partial charge in [0.05, 0.1) is 0 Å². The van der Waals surface area contributed by atoms with Crippen LogP contribution in [-0.4, -0.2) is 18.8 Å². The first-order valence-electron chi connectivity index (χ1n) is 5.73. The summed E-state index contributed by atoms with van der Waals surface area (Å²) in [6, 6.07) is 5.33. The van der Waals surface area contributed by atoms with Crippen LogP contribution in [0.1, 0.15) is 25.0 Å². The Balaban J connectivity index is 3.06. The van der Waals surface area contributed by atoms with Gasteiger partial charge in [0.1, 0.15) is 6.54 Å². The molecule has 0 atom stereocenters. The van der Waals surface area contributed by atoms with Crippen LogP contribution in [0.5, 0.6) is 0 Å². The van der Waals surface area contributed by atoms with E-state index in [-0.39, 0.29) is 6.04 Å². The van der Waals surface area contributed by atoms with Crippen molar-refractivity contribution < 1.29 is 13.2 Å². The van der Waals surface area contributed by atoms with Gasteiger partial charge in [-0.2, -0.15) is 13.2 Å². The summed E-state index contributed by atoms with van der Waals surface area (Å²) in [4.78, 5) is 1.38. The summed E-state index contributed by atoms with van der Waals surface area (Å²) in [5, 5.41) is 0.703. The van der Waals surface area contributed by atoms with Crippen LogP contribution in [0.2, 0.25) is 0 Å². The molecule has 18 heavy (non-hydrogen) atoms. The number of nitrogens with zero attached hydrogens (tertiary/aromatic N) is 1. The van der Waals surface area contributed by atoms with Gasteiger partial charge in [-0.25, -0.2) is 0 Å². The third-order valence-corrected chi connectivity index (χ3v) is 3.35. The van der Waals surface area contributed by atoms with Crippen molar-refractivity contribution in [2.75, 3.05) is 11.4 Å². The summed E-state index contributed by atoms with van der Waals surface area (Å²) in [6.07, 6.45) is -4.19. The highest BCUT2D eigenvalue weighted by atomic mass is 79.9. The van der Waals surface area contributed by atoms with Crippen LogP contribution >= 0.6 is 15.9 Å². The second-order valence-corrected chi connectivity index (χ2v) is 5.15. The van der Waals surface area contributed by atoms with Gasteiger partial charge in [0, 0.05) is 17.1 Å². The van der Waals surface area contributed by atoms with Gasteiger partial charge in [-0.3, -0.25) is 0 Å². The van der Waals surface area contributed by atoms with Gasteiger partial charge in [-0.05, 0) is 38.0 Å². The zero-order valence-electron chi connectivity index (χ0n) is 10.7. The minimum atomic E-state index is -4.19. The number of hydrogen-bond donors (Lipinski definition) is 0. The smallest absolute Gasteiger partial charge is 0.360 e. The largest absolute Gasteiger partial charge is 0.405 e. The Morgan fingerprint density at radius 1 is 1.28 bits per heavy atom. The van der Waals surface area contributed by atoms with E-state index in [1.807, 2.05) is 19.1 Å². The fraction of sp³-hybridized carbons (Fsp3) is 0.538. The summed E-state index contributed by atoms with van der Waals surface area (Å²) in [5.41, 5.74) is 2.57. The lowest BCUT2D eigenvalue weighted by molar-refractivity contribution is -0.120. The molecule has 0 unspecified atom stereocenters. The first kappa shape index (κ1) is 15.3. The molecule has 0 radical (unpaired) electrons. The molecule has 0 aliphatic rings. The molecule has 0 aromatic heterocycles. The third-order valence-electron chi connectivity index (χ3n) is 2.70. The average Bonchev–Trinajstić information content (AvgIpc) is 2.24. The van der Waals surface area contributed by atoms with Gasteiger partial charge >= 0.3 is 6.18 Å². The van der Waals surface area contributed by atoms with Crippen LogP contribution in [0.3, 0.4) is 0 Å². The minimum Gasteiger partial charge on any atom is -0.360 e. The molecular weight excluding hydrogens is 307 g/mol. The Bertz CT molecular complexity index is 402. The van der Waals surface area contributed by atoms with Gasteiger partial charge in [-0.15, -0.1) is 0 Å². The molecule has 1 aromatic rings. The van der Waals surface area contributed by atoms with Crippen LogP contribution in [0.15, 0.2) is 18.2 Å². The Morgan fingerprint density at radius 3 is 2.28 bits per heavy atom. The number of aryl methyl sites for hydroxylation is 1. The van der Waals surface area contributed by atoms with Crippen molar-refractivity contribution in [3.63, 3.8) is 0 Å². The van der Waals surface area contributed by atoms with Crippen molar-refractivity contribution in [3.05, 3.63) is 29.3 Å². The lowest BCUT2D eigenvalue weighted by Gasteiger charge is -2.31. The Hall–Kier alpha value is -0.710. The first-order valence-corrected chi connectivity index (χ1v) is 6.85. The molecule has 0 spiro atoms. The standard InChI is InChI=1S/C13H17BrF3N/c1-9(2)18(8-13(15,16)17)12-5-4-11(7-14)6-10(12)3/h4-6,9H,7-8H2,1-3H3. The molecule has 1 aromatic carbocycles. The van der Waals surface area contributed by atoms with E-state index in [0.29, 0.717) is 11.0 Å². The highest BCUT2D eigenvalue weighted by Gasteiger charge is 2.32. The summed E-state index contributed by atoms with van der Waals surface area (Å²) < 4.78 is 37.7. The predicted octanol–water partition coefficient (Wildman–Crippen LogP) is 4.67. The number of hydrogen-bond acceptors (Lipinski definition) is 1. The fourth-order valence-corrected chi connectivity index (χ4v) is 2.21. The SMILES string of the molecule is Cc1cc(CBr)ccc1N(CC(F)(F)F)C(C)C. The molecule has 0 fully saturated rings. The molecule has 0 aliphatic carbocycles. The van der Waals surface area contributed by atoms with Gasteiger partial charge in [0.15, 0.2) is 0 Å². The number of alkyl halides is 4. The molecule has 1 rings (SSSR count). The molecule has 0 saturated heterocycles. The van der Waals surface area contributed by atoms with Crippen molar-refractivity contribution in [3.8, 4) is 0 Å². The van der Waals surface area contributed by atoms with Gasteiger partial charge < -0.3 is 4.90 Å². The van der Waals surface area contributed by atoms with Crippen molar-refractivity contribution in [2.45, 2.75) is 38.3 Å². The fourth-order valence-electron chi connectivity index (χ4n) is 1.86. The van der Waals surface area contributed by atoms with Gasteiger partial charge in [0.2, 0.25) is 0 Å². The monoisotopic (exact) mass is 323 g/mol. The average molecular weight is 324 g/mol. The third kappa shape index (κ3) is 4.19. The van der Waals surface area contributed by atoms with Crippen LogP contribution in [0, 0.1) is 6.92 Å². The number of halogens is 4. The van der Waals surface area contributed by atoms with Crippen LogP contribution < -0.4 is 4.90 Å². The lowest BCUT2D eigenvalue weighted by atomic mass is 10.1. The number of rotatable bonds is 4. The zero-order valence-corrected chi connectivity index (χ0v) is 12.3. The molecular formula is C13H17BrF3N. The van der Waals surface area contributed by atoms with E-state index in [9.17, 15) is 13.2 Å². The van der Waals surface area contributed by atoms with E-state index in [4.69, 9.17) is 0 Å². The summed E-state index contributed by atoms with van der Waals surface area (Å²) in [6.45, 7) is 4.46. The molecule has 0 amide bonds. The van der Waals surface area contributed by atoms with Crippen LogP contribution in [0.4, 0.5) is 18.9 Å².